The molecule has 1 aromatic heterocycles. The molecule has 0 saturated heterocycles. The van der Waals surface area contributed by atoms with Gasteiger partial charge in [0.2, 0.25) is 5.13 Å². The summed E-state index contributed by atoms with van der Waals surface area (Å²) in [5.74, 6) is 0.516. The lowest BCUT2D eigenvalue weighted by molar-refractivity contribution is -0.122. The molecule has 124 valence electrons. The van der Waals surface area contributed by atoms with E-state index in [-0.39, 0.29) is 12.4 Å². The predicted molar refractivity (Wildman–Crippen MR) is 92.2 cm³/mol. The highest BCUT2D eigenvalue weighted by Crippen LogP contribution is 2.37. The highest BCUT2D eigenvalue weighted by Gasteiger charge is 2.23. The van der Waals surface area contributed by atoms with Crippen molar-refractivity contribution < 1.29 is 9.90 Å². The minimum Gasteiger partial charge on any atom is -0.483 e. The molecule has 1 aliphatic rings. The topological polar surface area (TPSA) is 138 Å². The minimum absolute atomic E-state index is 0.0461. The lowest BCUT2D eigenvalue weighted by Gasteiger charge is -2.21. The van der Waals surface area contributed by atoms with Gasteiger partial charge in [0.05, 0.1) is 17.3 Å². The van der Waals surface area contributed by atoms with Crippen LogP contribution >= 0.6 is 11.3 Å². The van der Waals surface area contributed by atoms with Crippen molar-refractivity contribution in [2.75, 3.05) is 0 Å². The molecule has 3 rings (SSSR count). The van der Waals surface area contributed by atoms with Gasteiger partial charge in [-0.3, -0.25) is 4.79 Å². The van der Waals surface area contributed by atoms with Gasteiger partial charge in [-0.2, -0.15) is 10.3 Å². The summed E-state index contributed by atoms with van der Waals surface area (Å²) in [6.07, 6.45) is 2.96. The smallest absolute Gasteiger partial charge is 0.290 e. The molecular weight excluding hydrogens is 326 g/mol. The number of benzene rings is 1. The standard InChI is InChI=1S/C15H15N5S.CH2O2/c16-8-9-1-3-10(4-2-9)11-5-6-12-13(7-11)21-15(19-12)20-14(17)18;2-1-3/h1-4,11H,5-7H2,(H4,17,18,19,20);1H,(H,2,3)/t11-;/m0./s1. The SMILES string of the molecule is N#Cc1ccc([C@H]2CCc3nc(N=C(N)N)sc3C2)cc1.O=CO. The molecule has 7 nitrogen and oxygen atoms in total. The first-order chi connectivity index (χ1) is 11.6. The van der Waals surface area contributed by atoms with Crippen molar-refractivity contribution in [3.63, 3.8) is 0 Å². The molecule has 24 heavy (non-hydrogen) atoms. The number of hydrogen-bond acceptors (Lipinski definition) is 5. The van der Waals surface area contributed by atoms with Crippen molar-refractivity contribution in [3.8, 4) is 6.07 Å². The minimum atomic E-state index is -0.250. The Morgan fingerprint density at radius 3 is 2.67 bits per heavy atom. The average molecular weight is 343 g/mol. The zero-order valence-corrected chi connectivity index (χ0v) is 13.7. The number of nitriles is 1. The zero-order valence-electron chi connectivity index (χ0n) is 12.8. The third kappa shape index (κ3) is 4.30. The number of carbonyl (C=O) groups is 1. The fourth-order valence-electron chi connectivity index (χ4n) is 2.63. The number of rotatable bonds is 2. The Balaban J connectivity index is 0.000000647. The van der Waals surface area contributed by atoms with Gasteiger partial charge < -0.3 is 16.6 Å². The molecule has 5 N–H and O–H groups in total. The number of guanidine groups is 1. The molecule has 1 aliphatic carbocycles. The zero-order chi connectivity index (χ0) is 17.5. The molecule has 1 atom stereocenters. The Morgan fingerprint density at radius 2 is 2.08 bits per heavy atom. The second kappa shape index (κ2) is 8.08. The lowest BCUT2D eigenvalue weighted by atomic mass is 9.85. The van der Waals surface area contributed by atoms with Crippen molar-refractivity contribution in [1.29, 1.82) is 5.26 Å². The number of aliphatic imine (C=N–C) groups is 1. The van der Waals surface area contributed by atoms with E-state index in [0.29, 0.717) is 16.6 Å². The van der Waals surface area contributed by atoms with Crippen molar-refractivity contribution in [3.05, 3.63) is 46.0 Å². The van der Waals surface area contributed by atoms with E-state index >= 15 is 0 Å². The Labute approximate surface area is 143 Å². The average Bonchev–Trinajstić information content (AvgIpc) is 2.96. The monoisotopic (exact) mass is 343 g/mol. The Bertz CT molecular complexity index is 773. The van der Waals surface area contributed by atoms with Crippen LogP contribution in [0.2, 0.25) is 0 Å². The number of hydrogen-bond donors (Lipinski definition) is 3. The summed E-state index contributed by atoms with van der Waals surface area (Å²) in [4.78, 5) is 18.1. The summed E-state index contributed by atoms with van der Waals surface area (Å²) < 4.78 is 0. The van der Waals surface area contributed by atoms with Gasteiger partial charge in [-0.05, 0) is 42.9 Å². The highest BCUT2D eigenvalue weighted by molar-refractivity contribution is 7.15. The molecule has 0 aliphatic heterocycles. The van der Waals surface area contributed by atoms with Crippen LogP contribution in [0.3, 0.4) is 0 Å². The Kier molecular flexibility index (Phi) is 5.87. The van der Waals surface area contributed by atoms with Crippen LogP contribution in [-0.2, 0) is 17.6 Å². The van der Waals surface area contributed by atoms with Gasteiger partial charge in [0.15, 0.2) is 5.96 Å². The first-order valence-corrected chi connectivity index (χ1v) is 8.05. The summed E-state index contributed by atoms with van der Waals surface area (Å²) in [6, 6.07) is 10.00. The maximum absolute atomic E-state index is 8.85. The van der Waals surface area contributed by atoms with Crippen LogP contribution in [0.5, 0.6) is 0 Å². The number of fused-ring (bicyclic) bond motifs is 1. The third-order valence-electron chi connectivity index (χ3n) is 3.66. The molecule has 0 spiro atoms. The van der Waals surface area contributed by atoms with Gasteiger partial charge in [0.1, 0.15) is 0 Å². The number of thiazole rings is 1. The molecule has 1 heterocycles. The quantitative estimate of drug-likeness (QED) is 0.432. The summed E-state index contributed by atoms with van der Waals surface area (Å²) >= 11 is 1.56. The van der Waals surface area contributed by atoms with Gasteiger partial charge in [-0.15, -0.1) is 0 Å². The van der Waals surface area contributed by atoms with Crippen LogP contribution in [0.4, 0.5) is 5.13 Å². The van der Waals surface area contributed by atoms with Gasteiger partial charge in [0.25, 0.3) is 6.47 Å². The molecule has 0 bridgehead atoms. The first kappa shape index (κ1) is 17.4. The maximum Gasteiger partial charge on any atom is 0.290 e. The van der Waals surface area contributed by atoms with Crippen LogP contribution in [0.25, 0.3) is 0 Å². The van der Waals surface area contributed by atoms with Crippen LogP contribution in [0.1, 0.15) is 34.0 Å². The van der Waals surface area contributed by atoms with E-state index in [1.807, 2.05) is 24.3 Å². The molecule has 0 amide bonds. The number of aromatic nitrogens is 1. The number of nitrogens with zero attached hydrogens (tertiary/aromatic N) is 3. The summed E-state index contributed by atoms with van der Waals surface area (Å²) in [5.41, 5.74) is 13.9. The molecule has 0 fully saturated rings. The van der Waals surface area contributed by atoms with E-state index in [4.69, 9.17) is 26.6 Å². The van der Waals surface area contributed by atoms with Crippen LogP contribution in [0, 0.1) is 11.3 Å². The highest BCUT2D eigenvalue weighted by atomic mass is 32.1. The Morgan fingerprint density at radius 1 is 1.42 bits per heavy atom. The van der Waals surface area contributed by atoms with E-state index in [1.165, 1.54) is 10.4 Å². The van der Waals surface area contributed by atoms with Crippen molar-refractivity contribution in [1.82, 2.24) is 4.98 Å². The van der Waals surface area contributed by atoms with Crippen molar-refractivity contribution in [2.24, 2.45) is 16.5 Å². The largest absolute Gasteiger partial charge is 0.483 e. The molecule has 8 heteroatoms. The van der Waals surface area contributed by atoms with E-state index in [9.17, 15) is 0 Å². The third-order valence-corrected chi connectivity index (χ3v) is 4.68. The first-order valence-electron chi connectivity index (χ1n) is 7.23. The summed E-state index contributed by atoms with van der Waals surface area (Å²) in [5, 5.41) is 16.4. The Hall–Kier alpha value is -2.92. The van der Waals surface area contributed by atoms with Crippen molar-refractivity contribution >= 4 is 28.9 Å². The molecular formula is C16H17N5O2S. The second-order valence-electron chi connectivity index (χ2n) is 5.18. The van der Waals surface area contributed by atoms with E-state index in [2.05, 4.69) is 16.0 Å². The lowest BCUT2D eigenvalue weighted by Crippen LogP contribution is -2.21. The normalized spacial score (nSPS) is 15.2. The van der Waals surface area contributed by atoms with Crippen LogP contribution in [0.15, 0.2) is 29.3 Å². The predicted octanol–water partition coefficient (Wildman–Crippen LogP) is 1.89. The van der Waals surface area contributed by atoms with Gasteiger partial charge >= 0.3 is 0 Å². The molecule has 1 aromatic carbocycles. The summed E-state index contributed by atoms with van der Waals surface area (Å²) in [7, 11) is 0. The fraction of sp³-hybridized carbons (Fsp3) is 0.250. The van der Waals surface area contributed by atoms with E-state index in [0.717, 1.165) is 25.0 Å². The number of carboxylic acid groups (broad SMARTS) is 1. The van der Waals surface area contributed by atoms with Crippen LogP contribution < -0.4 is 11.5 Å². The molecule has 0 saturated carbocycles. The van der Waals surface area contributed by atoms with Gasteiger partial charge in [-0.1, -0.05) is 23.5 Å². The van der Waals surface area contributed by atoms with Crippen LogP contribution in [-0.4, -0.2) is 22.5 Å². The molecule has 2 aromatic rings. The number of nitrogens with two attached hydrogens (primary N) is 2. The summed E-state index contributed by atoms with van der Waals surface area (Å²) in [6.45, 7) is -0.250. The molecule has 0 radical (unpaired) electrons. The maximum atomic E-state index is 8.85. The second-order valence-corrected chi connectivity index (χ2v) is 6.24. The fourth-order valence-corrected chi connectivity index (χ4v) is 3.71. The van der Waals surface area contributed by atoms with Gasteiger partial charge in [-0.25, -0.2) is 4.98 Å². The van der Waals surface area contributed by atoms with Crippen molar-refractivity contribution in [2.45, 2.75) is 25.2 Å². The molecule has 0 unspecified atom stereocenters. The van der Waals surface area contributed by atoms with Gasteiger partial charge in [0, 0.05) is 4.88 Å². The number of aryl methyl sites for hydroxylation is 1. The van der Waals surface area contributed by atoms with E-state index in [1.54, 1.807) is 11.3 Å². The van der Waals surface area contributed by atoms with E-state index < -0.39 is 0 Å².